The number of fused-ring (bicyclic) bond motifs is 1. The van der Waals surface area contributed by atoms with E-state index in [4.69, 9.17) is 25.2 Å². The maximum Gasteiger partial charge on any atom is 0.410 e. The lowest BCUT2D eigenvalue weighted by Crippen LogP contribution is -2.55. The van der Waals surface area contributed by atoms with Crippen molar-refractivity contribution in [2.24, 2.45) is 0 Å². The van der Waals surface area contributed by atoms with Crippen molar-refractivity contribution in [2.75, 3.05) is 48.9 Å². The predicted molar refractivity (Wildman–Crippen MR) is 137 cm³/mol. The van der Waals surface area contributed by atoms with Gasteiger partial charge in [-0.25, -0.2) is 19.7 Å². The van der Waals surface area contributed by atoms with Crippen molar-refractivity contribution in [3.8, 4) is 11.3 Å². The molecule has 2 aromatic rings. The minimum absolute atomic E-state index is 0.152. The molecular formula is C25H36N8O3. The van der Waals surface area contributed by atoms with E-state index in [1.54, 1.807) is 17.3 Å². The number of hydrogen-bond acceptors (Lipinski definition) is 10. The minimum atomic E-state index is -0.505. The van der Waals surface area contributed by atoms with Gasteiger partial charge in [0, 0.05) is 55.7 Å². The number of nitrogen functional groups attached to an aromatic ring is 1. The zero-order valence-electron chi connectivity index (χ0n) is 21.8. The summed E-state index contributed by atoms with van der Waals surface area (Å²) in [5, 5.41) is 0. The standard InChI is InChI=1S/C25H36N8O3/c1-15-14-35-9-8-32(15)23-29-20(16-12-27-22(26)28-13-16)19-6-7-33(21(19)30-23)18-10-17(11-18)31(5)24(34)36-25(2,3)4/h12-13,15,17-18H,6-11,14H2,1-5H3,(H2,26,27,28)/t15-,17?,18?/m0/s1. The van der Waals surface area contributed by atoms with Crippen LogP contribution in [0.2, 0.25) is 0 Å². The van der Waals surface area contributed by atoms with Gasteiger partial charge in [0.15, 0.2) is 0 Å². The first kappa shape index (κ1) is 24.5. The molecule has 1 saturated heterocycles. The Balaban J connectivity index is 1.41. The number of morpholine rings is 1. The fourth-order valence-corrected chi connectivity index (χ4v) is 5.09. The monoisotopic (exact) mass is 496 g/mol. The lowest BCUT2D eigenvalue weighted by molar-refractivity contribution is 0.0119. The minimum Gasteiger partial charge on any atom is -0.444 e. The molecule has 0 radical (unpaired) electrons. The van der Waals surface area contributed by atoms with Gasteiger partial charge in [-0.3, -0.25) is 0 Å². The van der Waals surface area contributed by atoms with Crippen LogP contribution in [-0.2, 0) is 15.9 Å². The lowest BCUT2D eigenvalue weighted by atomic mass is 9.84. The van der Waals surface area contributed by atoms with E-state index in [2.05, 4.69) is 26.7 Å². The average molecular weight is 497 g/mol. The number of nitrogens with two attached hydrogens (primary N) is 1. The van der Waals surface area contributed by atoms with E-state index < -0.39 is 5.60 Å². The number of rotatable bonds is 4. The lowest BCUT2D eigenvalue weighted by Gasteiger charge is -2.45. The number of hydrogen-bond donors (Lipinski definition) is 1. The molecule has 1 amide bonds. The van der Waals surface area contributed by atoms with E-state index >= 15 is 0 Å². The number of nitrogens with zero attached hydrogens (tertiary/aromatic N) is 7. The molecule has 3 aliphatic rings. The summed E-state index contributed by atoms with van der Waals surface area (Å²) < 4.78 is 11.2. The molecule has 11 nitrogen and oxygen atoms in total. The molecule has 0 aromatic carbocycles. The van der Waals surface area contributed by atoms with Gasteiger partial charge < -0.3 is 29.9 Å². The molecule has 2 fully saturated rings. The van der Waals surface area contributed by atoms with Gasteiger partial charge in [0.1, 0.15) is 11.4 Å². The van der Waals surface area contributed by atoms with E-state index in [1.165, 1.54) is 0 Å². The molecule has 11 heteroatoms. The number of ether oxygens (including phenoxy) is 2. The fraction of sp³-hybridized carbons (Fsp3) is 0.640. The molecule has 0 unspecified atom stereocenters. The van der Waals surface area contributed by atoms with Gasteiger partial charge in [-0.1, -0.05) is 0 Å². The Labute approximate surface area is 212 Å². The van der Waals surface area contributed by atoms with E-state index in [0.29, 0.717) is 25.2 Å². The van der Waals surface area contributed by atoms with Crippen molar-refractivity contribution in [1.29, 1.82) is 0 Å². The summed E-state index contributed by atoms with van der Waals surface area (Å²) in [6, 6.07) is 0.638. The SMILES string of the molecule is C[C@H]1COCCN1c1nc(-c2cnc(N)nc2)c2c(n1)N(C1CC(N(C)C(=O)OC(C)(C)C)C1)CC2. The summed E-state index contributed by atoms with van der Waals surface area (Å²) in [4.78, 5) is 37.3. The summed E-state index contributed by atoms with van der Waals surface area (Å²) in [6.45, 7) is 10.7. The zero-order chi connectivity index (χ0) is 25.6. The van der Waals surface area contributed by atoms with Gasteiger partial charge in [0.2, 0.25) is 11.9 Å². The summed E-state index contributed by atoms with van der Waals surface area (Å²) in [5.41, 5.74) is 8.04. The highest BCUT2D eigenvalue weighted by Gasteiger charge is 2.42. The Bertz CT molecular complexity index is 1110. The van der Waals surface area contributed by atoms with Crippen molar-refractivity contribution in [2.45, 2.75) is 70.7 Å². The van der Waals surface area contributed by atoms with Crippen LogP contribution < -0.4 is 15.5 Å². The highest BCUT2D eigenvalue weighted by Crippen LogP contribution is 2.41. The smallest absolute Gasteiger partial charge is 0.410 e. The molecule has 0 spiro atoms. The molecule has 1 aliphatic carbocycles. The van der Waals surface area contributed by atoms with Crippen LogP contribution in [0.15, 0.2) is 12.4 Å². The third-order valence-electron chi connectivity index (χ3n) is 7.18. The quantitative estimate of drug-likeness (QED) is 0.675. The third-order valence-corrected chi connectivity index (χ3v) is 7.18. The molecule has 36 heavy (non-hydrogen) atoms. The van der Waals surface area contributed by atoms with Crippen molar-refractivity contribution in [1.82, 2.24) is 24.8 Å². The van der Waals surface area contributed by atoms with Crippen LogP contribution >= 0.6 is 0 Å². The Morgan fingerprint density at radius 2 is 1.89 bits per heavy atom. The maximum atomic E-state index is 12.5. The van der Waals surface area contributed by atoms with Crippen LogP contribution in [0.25, 0.3) is 11.3 Å². The van der Waals surface area contributed by atoms with Crippen molar-refractivity contribution < 1.29 is 14.3 Å². The first-order chi connectivity index (χ1) is 17.1. The van der Waals surface area contributed by atoms with Crippen molar-refractivity contribution >= 4 is 23.8 Å². The highest BCUT2D eigenvalue weighted by molar-refractivity contribution is 5.73. The Hall–Kier alpha value is -3.21. The largest absolute Gasteiger partial charge is 0.444 e. The second kappa shape index (κ2) is 9.34. The van der Waals surface area contributed by atoms with Gasteiger partial charge in [0.05, 0.1) is 24.9 Å². The van der Waals surface area contributed by atoms with E-state index in [-0.39, 0.29) is 24.1 Å². The number of carbonyl (C=O) groups is 1. The van der Waals surface area contributed by atoms with Gasteiger partial charge in [-0.15, -0.1) is 0 Å². The molecule has 2 aromatic heterocycles. The fourth-order valence-electron chi connectivity index (χ4n) is 5.09. The summed E-state index contributed by atoms with van der Waals surface area (Å²) in [7, 11) is 1.83. The molecule has 1 atom stereocenters. The number of anilines is 3. The Morgan fingerprint density at radius 1 is 1.17 bits per heavy atom. The van der Waals surface area contributed by atoms with Gasteiger partial charge in [-0.05, 0) is 47.0 Å². The molecule has 2 N–H and O–H groups in total. The highest BCUT2D eigenvalue weighted by atomic mass is 16.6. The summed E-state index contributed by atoms with van der Waals surface area (Å²) in [6.07, 6.45) is 5.79. The molecule has 1 saturated carbocycles. The second-order valence-electron chi connectivity index (χ2n) is 10.9. The summed E-state index contributed by atoms with van der Waals surface area (Å²) >= 11 is 0. The average Bonchev–Trinajstić information content (AvgIpc) is 3.21. The van der Waals surface area contributed by atoms with Crippen LogP contribution in [0.4, 0.5) is 22.5 Å². The third kappa shape index (κ3) is 4.76. The molecule has 194 valence electrons. The van der Waals surface area contributed by atoms with E-state index in [1.807, 2.05) is 27.8 Å². The van der Waals surface area contributed by atoms with Crippen LogP contribution in [0, 0.1) is 0 Å². The molecule has 5 rings (SSSR count). The van der Waals surface area contributed by atoms with Gasteiger partial charge >= 0.3 is 6.09 Å². The molecule has 0 bridgehead atoms. The Kier molecular flexibility index (Phi) is 6.36. The van der Waals surface area contributed by atoms with Crippen molar-refractivity contribution in [3.63, 3.8) is 0 Å². The van der Waals surface area contributed by atoms with Crippen molar-refractivity contribution in [3.05, 3.63) is 18.0 Å². The molecule has 4 heterocycles. The number of amides is 1. The van der Waals surface area contributed by atoms with Gasteiger partial charge in [0.25, 0.3) is 0 Å². The number of aromatic nitrogens is 4. The zero-order valence-corrected chi connectivity index (χ0v) is 21.8. The molecular weight excluding hydrogens is 460 g/mol. The van der Waals surface area contributed by atoms with E-state index in [9.17, 15) is 4.79 Å². The van der Waals surface area contributed by atoms with Crippen LogP contribution in [0.1, 0.15) is 46.1 Å². The van der Waals surface area contributed by atoms with Gasteiger partial charge in [-0.2, -0.15) is 4.98 Å². The predicted octanol–water partition coefficient (Wildman–Crippen LogP) is 2.50. The van der Waals surface area contributed by atoms with Crippen LogP contribution in [-0.4, -0.2) is 88.0 Å². The first-order valence-corrected chi connectivity index (χ1v) is 12.7. The van der Waals surface area contributed by atoms with E-state index in [0.717, 1.165) is 55.0 Å². The maximum absolute atomic E-state index is 12.5. The van der Waals surface area contributed by atoms with Crippen LogP contribution in [0.3, 0.4) is 0 Å². The Morgan fingerprint density at radius 3 is 2.56 bits per heavy atom. The second-order valence-corrected chi connectivity index (χ2v) is 10.9. The topological polar surface area (TPSA) is 123 Å². The first-order valence-electron chi connectivity index (χ1n) is 12.7. The summed E-state index contributed by atoms with van der Waals surface area (Å²) in [5.74, 6) is 1.90. The van der Waals surface area contributed by atoms with Crippen LogP contribution in [0.5, 0.6) is 0 Å². The molecule has 2 aliphatic heterocycles. The number of carbonyl (C=O) groups excluding carboxylic acids is 1. The normalized spacial score (nSPS) is 23.8.